The maximum atomic E-state index is 13.8. The first-order chi connectivity index (χ1) is 10.3. The lowest BCUT2D eigenvalue weighted by Gasteiger charge is -2.17. The van der Waals surface area contributed by atoms with Gasteiger partial charge >= 0.3 is 0 Å². The quantitative estimate of drug-likeness (QED) is 0.654. The van der Waals surface area contributed by atoms with Crippen molar-refractivity contribution in [2.24, 2.45) is 5.84 Å². The fourth-order valence-electron chi connectivity index (χ4n) is 2.70. The van der Waals surface area contributed by atoms with Crippen LogP contribution in [-0.2, 0) is 12.8 Å². The number of nitrogens with zero attached hydrogens (tertiary/aromatic N) is 1. The highest BCUT2D eigenvalue weighted by molar-refractivity contribution is 5.39. The van der Waals surface area contributed by atoms with Crippen LogP contribution < -0.4 is 16.0 Å². The molecule has 0 saturated carbocycles. The van der Waals surface area contributed by atoms with Gasteiger partial charge in [-0.05, 0) is 36.1 Å². The smallest absolute Gasteiger partial charge is 0.146 e. The summed E-state index contributed by atoms with van der Waals surface area (Å²) < 4.78 is 19.3. The number of rotatable bonds is 5. The van der Waals surface area contributed by atoms with Crippen molar-refractivity contribution < 1.29 is 9.13 Å². The zero-order chi connectivity index (χ0) is 14.7. The molecule has 1 atom stereocenters. The Morgan fingerprint density at radius 3 is 3.10 bits per heavy atom. The number of fused-ring (bicyclic) bond motifs is 1. The molecule has 1 unspecified atom stereocenters. The van der Waals surface area contributed by atoms with E-state index in [1.807, 2.05) is 6.07 Å². The molecule has 3 rings (SSSR count). The molecule has 0 saturated heterocycles. The summed E-state index contributed by atoms with van der Waals surface area (Å²) in [6, 6.07) is 7.67. The summed E-state index contributed by atoms with van der Waals surface area (Å²) >= 11 is 0. The summed E-state index contributed by atoms with van der Waals surface area (Å²) in [5.41, 5.74) is 5.71. The lowest BCUT2D eigenvalue weighted by atomic mass is 9.98. The number of nitrogens with two attached hydrogens (primary N) is 1. The largest absolute Gasteiger partial charge is 0.493 e. The second kappa shape index (κ2) is 6.20. The van der Waals surface area contributed by atoms with E-state index >= 15 is 0 Å². The van der Waals surface area contributed by atoms with Crippen LogP contribution in [0.25, 0.3) is 0 Å². The first kappa shape index (κ1) is 14.0. The normalized spacial score (nSPS) is 14.6. The Hall–Kier alpha value is -1.98. The van der Waals surface area contributed by atoms with Gasteiger partial charge in [0, 0.05) is 24.2 Å². The fourth-order valence-corrected chi connectivity index (χ4v) is 2.70. The highest BCUT2D eigenvalue weighted by atomic mass is 19.1. The molecule has 3 N–H and O–H groups in total. The number of hydrazine groups is 1. The maximum absolute atomic E-state index is 13.8. The van der Waals surface area contributed by atoms with Crippen LogP contribution in [0.1, 0.15) is 29.2 Å². The van der Waals surface area contributed by atoms with E-state index in [2.05, 4.69) is 22.5 Å². The number of hydrogen-bond acceptors (Lipinski definition) is 4. The zero-order valence-electron chi connectivity index (χ0n) is 11.7. The van der Waals surface area contributed by atoms with Crippen molar-refractivity contribution in [1.29, 1.82) is 0 Å². The van der Waals surface area contributed by atoms with Gasteiger partial charge in [-0.15, -0.1) is 0 Å². The van der Waals surface area contributed by atoms with Crippen molar-refractivity contribution in [3.63, 3.8) is 0 Å². The third kappa shape index (κ3) is 3.04. The summed E-state index contributed by atoms with van der Waals surface area (Å²) in [6.07, 6.45) is 5.30. The fraction of sp³-hybridized carbons (Fsp3) is 0.312. The van der Waals surface area contributed by atoms with Crippen molar-refractivity contribution in [1.82, 2.24) is 10.4 Å². The molecule has 1 aromatic heterocycles. The van der Waals surface area contributed by atoms with Gasteiger partial charge in [-0.1, -0.05) is 12.1 Å². The summed E-state index contributed by atoms with van der Waals surface area (Å²) in [5, 5.41) is 0. The standard InChI is InChI=1S/C16H18FN3O/c17-14-10-19-7-5-13(14)15(20-18)3-1-11-2-4-16-12(9-11)6-8-21-16/h2,4-5,7,9-10,15,20H,1,3,6,8,18H2. The van der Waals surface area contributed by atoms with E-state index in [0.717, 1.165) is 31.6 Å². The van der Waals surface area contributed by atoms with Crippen LogP contribution in [-0.4, -0.2) is 11.6 Å². The van der Waals surface area contributed by atoms with Crippen LogP contribution in [0.3, 0.4) is 0 Å². The molecule has 4 nitrogen and oxygen atoms in total. The Labute approximate surface area is 123 Å². The van der Waals surface area contributed by atoms with E-state index in [1.165, 1.54) is 17.3 Å². The van der Waals surface area contributed by atoms with Gasteiger partial charge < -0.3 is 4.74 Å². The third-order valence-corrected chi connectivity index (χ3v) is 3.86. The minimum absolute atomic E-state index is 0.225. The van der Waals surface area contributed by atoms with Gasteiger partial charge in [0.2, 0.25) is 0 Å². The van der Waals surface area contributed by atoms with E-state index in [-0.39, 0.29) is 11.9 Å². The lowest BCUT2D eigenvalue weighted by molar-refractivity contribution is 0.357. The number of hydrogen-bond donors (Lipinski definition) is 2. The number of halogens is 1. The van der Waals surface area contributed by atoms with Gasteiger partial charge in [0.1, 0.15) is 11.6 Å². The number of aromatic nitrogens is 1. The van der Waals surface area contributed by atoms with E-state index in [4.69, 9.17) is 10.6 Å². The van der Waals surface area contributed by atoms with Gasteiger partial charge in [0.05, 0.1) is 12.8 Å². The van der Waals surface area contributed by atoms with Crippen molar-refractivity contribution in [2.45, 2.75) is 25.3 Å². The lowest BCUT2D eigenvalue weighted by Crippen LogP contribution is -2.29. The molecule has 0 aliphatic carbocycles. The Bertz CT molecular complexity index is 633. The van der Waals surface area contributed by atoms with Crippen LogP contribution in [0.2, 0.25) is 0 Å². The van der Waals surface area contributed by atoms with Gasteiger partial charge in [0.25, 0.3) is 0 Å². The van der Waals surface area contributed by atoms with Crippen LogP contribution >= 0.6 is 0 Å². The van der Waals surface area contributed by atoms with Crippen LogP contribution in [0.5, 0.6) is 5.75 Å². The molecule has 110 valence electrons. The molecule has 0 fully saturated rings. The average Bonchev–Trinajstić information content (AvgIpc) is 2.97. The van der Waals surface area contributed by atoms with Crippen molar-refractivity contribution in [2.75, 3.05) is 6.61 Å². The van der Waals surface area contributed by atoms with E-state index in [1.54, 1.807) is 12.3 Å². The molecule has 2 heterocycles. The summed E-state index contributed by atoms with van der Waals surface area (Å²) in [5.74, 6) is 6.22. The Kier molecular flexibility index (Phi) is 4.13. The molecule has 21 heavy (non-hydrogen) atoms. The topological polar surface area (TPSA) is 60.2 Å². The minimum atomic E-state index is -0.331. The highest BCUT2D eigenvalue weighted by Gasteiger charge is 2.16. The number of pyridine rings is 1. The maximum Gasteiger partial charge on any atom is 0.146 e. The van der Waals surface area contributed by atoms with E-state index in [9.17, 15) is 4.39 Å². The second-order valence-corrected chi connectivity index (χ2v) is 5.20. The van der Waals surface area contributed by atoms with Crippen molar-refractivity contribution in [3.8, 4) is 5.75 Å². The third-order valence-electron chi connectivity index (χ3n) is 3.86. The SMILES string of the molecule is NNC(CCc1ccc2c(c1)CCO2)c1ccncc1F. The molecule has 5 heteroatoms. The molecule has 1 aliphatic heterocycles. The van der Waals surface area contributed by atoms with Gasteiger partial charge in [-0.25, -0.2) is 4.39 Å². The van der Waals surface area contributed by atoms with Gasteiger partial charge in [-0.3, -0.25) is 16.3 Å². The summed E-state index contributed by atoms with van der Waals surface area (Å²) in [6.45, 7) is 0.758. The molecule has 0 radical (unpaired) electrons. The van der Waals surface area contributed by atoms with Gasteiger partial charge in [-0.2, -0.15) is 0 Å². The predicted molar refractivity (Wildman–Crippen MR) is 78.2 cm³/mol. The molecule has 1 aromatic carbocycles. The van der Waals surface area contributed by atoms with Crippen molar-refractivity contribution in [3.05, 3.63) is 59.2 Å². The average molecular weight is 287 g/mol. The first-order valence-electron chi connectivity index (χ1n) is 7.08. The number of nitrogens with one attached hydrogen (secondary N) is 1. The number of ether oxygens (including phenoxy) is 1. The Balaban J connectivity index is 1.70. The number of aryl methyl sites for hydroxylation is 1. The van der Waals surface area contributed by atoms with Crippen LogP contribution in [0, 0.1) is 5.82 Å². The molecule has 0 spiro atoms. The van der Waals surface area contributed by atoms with Crippen LogP contribution in [0.4, 0.5) is 4.39 Å². The molecule has 2 aromatic rings. The van der Waals surface area contributed by atoms with Gasteiger partial charge in [0.15, 0.2) is 0 Å². The number of benzene rings is 1. The second-order valence-electron chi connectivity index (χ2n) is 5.20. The van der Waals surface area contributed by atoms with E-state index in [0.29, 0.717) is 5.56 Å². The zero-order valence-corrected chi connectivity index (χ0v) is 11.7. The monoisotopic (exact) mass is 287 g/mol. The molecule has 0 amide bonds. The summed E-state index contributed by atoms with van der Waals surface area (Å²) in [7, 11) is 0. The van der Waals surface area contributed by atoms with Crippen molar-refractivity contribution >= 4 is 0 Å². The van der Waals surface area contributed by atoms with Crippen LogP contribution in [0.15, 0.2) is 36.7 Å². The molecular weight excluding hydrogens is 269 g/mol. The Morgan fingerprint density at radius 2 is 2.29 bits per heavy atom. The minimum Gasteiger partial charge on any atom is -0.493 e. The molecular formula is C16H18FN3O. The summed E-state index contributed by atoms with van der Waals surface area (Å²) in [4.78, 5) is 3.76. The van der Waals surface area contributed by atoms with E-state index < -0.39 is 0 Å². The highest BCUT2D eigenvalue weighted by Crippen LogP contribution is 2.27. The Morgan fingerprint density at radius 1 is 1.38 bits per heavy atom. The molecule has 0 bridgehead atoms. The molecule has 1 aliphatic rings. The predicted octanol–water partition coefficient (Wildman–Crippen LogP) is 2.29. The first-order valence-corrected chi connectivity index (χ1v) is 7.08.